The maximum atomic E-state index is 11.4. The van der Waals surface area contributed by atoms with Crippen molar-refractivity contribution in [2.45, 2.75) is 45.4 Å². The smallest absolute Gasteiger partial charge is 0.425 e. The van der Waals surface area contributed by atoms with Crippen molar-refractivity contribution in [1.29, 1.82) is 5.41 Å². The predicted octanol–water partition coefficient (Wildman–Crippen LogP) is 3.85. The van der Waals surface area contributed by atoms with Crippen molar-refractivity contribution in [2.75, 3.05) is 20.0 Å². The Morgan fingerprint density at radius 3 is 2.00 bits per heavy atom. The minimum Gasteiger partial charge on any atom is -0.452 e. The number of thioether (sulfide) groups is 1. The summed E-state index contributed by atoms with van der Waals surface area (Å²) in [5.41, 5.74) is 0. The minimum absolute atomic E-state index is 0.169. The number of amidine groups is 1. The number of amides is 2. The zero-order valence-electron chi connectivity index (χ0n) is 12.4. The summed E-state index contributed by atoms with van der Waals surface area (Å²) >= 11 is 1.14. The van der Waals surface area contributed by atoms with Gasteiger partial charge in [0.25, 0.3) is 0 Å². The molecular formula is C13H24N2O4S. The van der Waals surface area contributed by atoms with Gasteiger partial charge in [0.1, 0.15) is 0 Å². The van der Waals surface area contributed by atoms with Crippen LogP contribution in [-0.4, -0.2) is 42.2 Å². The van der Waals surface area contributed by atoms with Crippen LogP contribution in [0.15, 0.2) is 0 Å². The van der Waals surface area contributed by atoms with E-state index in [0.717, 1.165) is 38.8 Å². The van der Waals surface area contributed by atoms with Crippen LogP contribution < -0.4 is 0 Å². The van der Waals surface area contributed by atoms with E-state index < -0.39 is 12.2 Å². The first kappa shape index (κ1) is 18.8. The molecule has 0 radical (unpaired) electrons. The summed E-state index contributed by atoms with van der Waals surface area (Å²) in [6.45, 7) is 2.17. The number of imide groups is 1. The predicted molar refractivity (Wildman–Crippen MR) is 80.2 cm³/mol. The Labute approximate surface area is 124 Å². The van der Waals surface area contributed by atoms with Crippen LogP contribution in [0.1, 0.15) is 45.4 Å². The molecule has 0 spiro atoms. The van der Waals surface area contributed by atoms with Crippen molar-refractivity contribution in [3.8, 4) is 0 Å². The van der Waals surface area contributed by atoms with E-state index in [2.05, 4.69) is 16.4 Å². The maximum Gasteiger partial charge on any atom is 0.425 e. The molecule has 6 nitrogen and oxygen atoms in total. The highest BCUT2D eigenvalue weighted by molar-refractivity contribution is 8.13. The molecule has 0 fully saturated rings. The molecule has 0 aromatic rings. The van der Waals surface area contributed by atoms with Gasteiger partial charge in [-0.15, -0.1) is 0 Å². The number of methoxy groups -OCH3 is 2. The SMILES string of the molecule is CCCCCCCCSC(=N)N(C(=O)OC)C(=O)OC. The van der Waals surface area contributed by atoms with Crippen molar-refractivity contribution >= 4 is 29.1 Å². The number of hydrogen-bond donors (Lipinski definition) is 1. The highest BCUT2D eigenvalue weighted by atomic mass is 32.2. The fourth-order valence-corrected chi connectivity index (χ4v) is 2.36. The number of hydrogen-bond acceptors (Lipinski definition) is 6. The van der Waals surface area contributed by atoms with Gasteiger partial charge >= 0.3 is 12.2 Å². The number of unbranched alkanes of at least 4 members (excludes halogenated alkanes) is 5. The zero-order chi connectivity index (χ0) is 15.4. The molecule has 0 rings (SSSR count). The second-order valence-electron chi connectivity index (χ2n) is 4.20. The molecule has 7 heteroatoms. The van der Waals surface area contributed by atoms with E-state index in [4.69, 9.17) is 5.41 Å². The highest BCUT2D eigenvalue weighted by Gasteiger charge is 2.27. The third-order valence-corrected chi connectivity index (χ3v) is 3.60. The van der Waals surface area contributed by atoms with Gasteiger partial charge in [0.15, 0.2) is 5.17 Å². The van der Waals surface area contributed by atoms with E-state index in [9.17, 15) is 9.59 Å². The Balaban J connectivity index is 4.02. The lowest BCUT2D eigenvalue weighted by Crippen LogP contribution is -2.40. The molecule has 0 unspecified atom stereocenters. The Kier molecular flexibility index (Phi) is 10.9. The lowest BCUT2D eigenvalue weighted by molar-refractivity contribution is 0.120. The van der Waals surface area contributed by atoms with E-state index in [0.29, 0.717) is 10.7 Å². The lowest BCUT2D eigenvalue weighted by Gasteiger charge is -2.17. The number of carbonyl (C=O) groups excluding carboxylic acids is 2. The first-order valence-corrected chi connectivity index (χ1v) is 7.74. The van der Waals surface area contributed by atoms with Crippen LogP contribution in [-0.2, 0) is 9.47 Å². The van der Waals surface area contributed by atoms with Crippen molar-refractivity contribution < 1.29 is 19.1 Å². The molecule has 2 amide bonds. The second kappa shape index (κ2) is 11.6. The summed E-state index contributed by atoms with van der Waals surface area (Å²) in [6.07, 6.45) is 5.11. The molecular weight excluding hydrogens is 280 g/mol. The van der Waals surface area contributed by atoms with E-state index >= 15 is 0 Å². The normalized spacial score (nSPS) is 9.95. The summed E-state index contributed by atoms with van der Waals surface area (Å²) in [5, 5.41) is 7.58. The van der Waals surface area contributed by atoms with Crippen LogP contribution in [0, 0.1) is 5.41 Å². The fraction of sp³-hybridized carbons (Fsp3) is 0.769. The van der Waals surface area contributed by atoms with Crippen LogP contribution in [0.5, 0.6) is 0 Å². The molecule has 116 valence electrons. The Bertz CT molecular complexity index is 307. The Morgan fingerprint density at radius 2 is 1.50 bits per heavy atom. The van der Waals surface area contributed by atoms with E-state index in [1.54, 1.807) is 0 Å². The lowest BCUT2D eigenvalue weighted by atomic mass is 10.1. The quantitative estimate of drug-likeness (QED) is 0.439. The topological polar surface area (TPSA) is 79.7 Å². The van der Waals surface area contributed by atoms with E-state index in [-0.39, 0.29) is 5.17 Å². The van der Waals surface area contributed by atoms with Crippen molar-refractivity contribution in [3.05, 3.63) is 0 Å². The van der Waals surface area contributed by atoms with Crippen LogP contribution in [0.4, 0.5) is 9.59 Å². The van der Waals surface area contributed by atoms with Gasteiger partial charge in [-0.1, -0.05) is 50.8 Å². The maximum absolute atomic E-state index is 11.4. The molecule has 0 aromatic carbocycles. The summed E-state index contributed by atoms with van der Waals surface area (Å²) in [7, 11) is 2.31. The van der Waals surface area contributed by atoms with Gasteiger partial charge in [-0.2, -0.15) is 4.90 Å². The van der Waals surface area contributed by atoms with Gasteiger partial charge in [0, 0.05) is 5.75 Å². The monoisotopic (exact) mass is 304 g/mol. The standard InChI is InChI=1S/C13H24N2O4S/c1-4-5-6-7-8-9-10-20-11(14)15(12(16)18-2)13(17)19-3/h14H,4-10H2,1-3H3. The minimum atomic E-state index is -0.905. The van der Waals surface area contributed by atoms with Gasteiger partial charge in [-0.25, -0.2) is 9.59 Å². The van der Waals surface area contributed by atoms with Crippen molar-refractivity contribution in [3.63, 3.8) is 0 Å². The molecule has 0 aliphatic rings. The summed E-state index contributed by atoms with van der Waals surface area (Å²) < 4.78 is 8.92. The third-order valence-electron chi connectivity index (χ3n) is 2.65. The average molecular weight is 304 g/mol. The average Bonchev–Trinajstić information content (AvgIpc) is 2.45. The molecule has 0 saturated heterocycles. The largest absolute Gasteiger partial charge is 0.452 e. The highest BCUT2D eigenvalue weighted by Crippen LogP contribution is 2.14. The van der Waals surface area contributed by atoms with Gasteiger partial charge < -0.3 is 9.47 Å². The molecule has 20 heavy (non-hydrogen) atoms. The number of carbonyl (C=O) groups is 2. The fourth-order valence-electron chi connectivity index (χ4n) is 1.54. The summed E-state index contributed by atoms with van der Waals surface area (Å²) in [4.78, 5) is 23.4. The third kappa shape index (κ3) is 7.37. The first-order chi connectivity index (χ1) is 9.58. The Hall–Kier alpha value is -1.24. The van der Waals surface area contributed by atoms with Crippen molar-refractivity contribution in [2.24, 2.45) is 0 Å². The molecule has 0 saturated carbocycles. The van der Waals surface area contributed by atoms with Gasteiger partial charge in [-0.05, 0) is 6.42 Å². The molecule has 0 aromatic heterocycles. The molecule has 0 aliphatic carbocycles. The first-order valence-electron chi connectivity index (χ1n) is 6.75. The van der Waals surface area contributed by atoms with Gasteiger partial charge in [-0.3, -0.25) is 5.41 Å². The summed E-state index contributed by atoms with van der Waals surface area (Å²) in [6, 6.07) is 0. The van der Waals surface area contributed by atoms with Crippen molar-refractivity contribution in [1.82, 2.24) is 4.90 Å². The molecule has 0 heterocycles. The number of nitrogens with zero attached hydrogens (tertiary/aromatic N) is 1. The zero-order valence-corrected chi connectivity index (χ0v) is 13.3. The summed E-state index contributed by atoms with van der Waals surface area (Å²) in [5.74, 6) is 0.690. The van der Waals surface area contributed by atoms with Crippen LogP contribution in [0.2, 0.25) is 0 Å². The molecule has 0 aliphatic heterocycles. The van der Waals surface area contributed by atoms with E-state index in [1.807, 2.05) is 0 Å². The number of rotatable bonds is 7. The Morgan fingerprint density at radius 1 is 1.00 bits per heavy atom. The van der Waals surface area contributed by atoms with Crippen LogP contribution in [0.3, 0.4) is 0 Å². The van der Waals surface area contributed by atoms with Gasteiger partial charge in [0.05, 0.1) is 14.2 Å². The molecule has 1 N–H and O–H groups in total. The molecule has 0 bridgehead atoms. The van der Waals surface area contributed by atoms with Gasteiger partial charge in [0.2, 0.25) is 0 Å². The van der Waals surface area contributed by atoms with Crippen LogP contribution in [0.25, 0.3) is 0 Å². The number of nitrogens with one attached hydrogen (secondary N) is 1. The second-order valence-corrected chi connectivity index (χ2v) is 5.28. The molecule has 0 atom stereocenters. The number of ether oxygens (including phenoxy) is 2. The van der Waals surface area contributed by atoms with E-state index in [1.165, 1.54) is 25.7 Å². The van der Waals surface area contributed by atoms with Crippen LogP contribution >= 0.6 is 11.8 Å².